The molecule has 0 saturated carbocycles. The number of carbonyl (C=O) groups excluding carboxylic acids is 1. The van der Waals surface area contributed by atoms with Gasteiger partial charge in [0.1, 0.15) is 0 Å². The average molecular weight is 451 g/mol. The molecule has 0 aliphatic rings. The normalized spacial score (nSPS) is 10.1. The van der Waals surface area contributed by atoms with E-state index in [4.69, 9.17) is 22.1 Å². The van der Waals surface area contributed by atoms with E-state index < -0.39 is 5.97 Å². The number of nitrogen functional groups attached to an aromatic ring is 1. The highest BCUT2D eigenvalue weighted by molar-refractivity contribution is 14.1. The van der Waals surface area contributed by atoms with Gasteiger partial charge in [-0.3, -0.25) is 0 Å². The Bertz CT molecular complexity index is 410. The Morgan fingerprint density at radius 2 is 2.20 bits per heavy atom. The van der Waals surface area contributed by atoms with Gasteiger partial charge in [0, 0.05) is 3.57 Å². The Morgan fingerprint density at radius 3 is 2.73 bits per heavy atom. The predicted molar refractivity (Wildman–Crippen MR) is 77.3 cm³/mol. The number of ether oxygens (including phenoxy) is 1. The van der Waals surface area contributed by atoms with Crippen LogP contribution in [0.5, 0.6) is 0 Å². The molecular weight excluding hydrogens is 443 g/mol. The number of nitrogens with two attached hydrogens (primary N) is 1. The molecule has 0 aromatic heterocycles. The fourth-order valence-electron chi connectivity index (χ4n) is 0.967. The summed E-state index contributed by atoms with van der Waals surface area (Å²) in [5.74, 6) is -0.418. The van der Waals surface area contributed by atoms with Crippen LogP contribution in [0.2, 0.25) is 5.02 Å². The SMILES string of the molecule is CCOC(=O)c1cc(I)c(N)c(I)c1Cl. The van der Waals surface area contributed by atoms with Crippen LogP contribution >= 0.6 is 56.8 Å². The number of halogens is 3. The molecule has 0 saturated heterocycles. The van der Waals surface area contributed by atoms with Gasteiger partial charge in [0.15, 0.2) is 0 Å². The third-order valence-corrected chi connectivity index (χ3v) is 4.41. The molecule has 6 heteroatoms. The smallest absolute Gasteiger partial charge is 0.339 e. The highest BCUT2D eigenvalue weighted by atomic mass is 127. The highest BCUT2D eigenvalue weighted by Crippen LogP contribution is 2.32. The zero-order valence-electron chi connectivity index (χ0n) is 7.81. The molecule has 0 aliphatic heterocycles. The summed E-state index contributed by atoms with van der Waals surface area (Å²) in [5, 5.41) is 0.354. The lowest BCUT2D eigenvalue weighted by Gasteiger charge is -2.09. The van der Waals surface area contributed by atoms with Gasteiger partial charge in [-0.15, -0.1) is 0 Å². The number of benzene rings is 1. The minimum absolute atomic E-state index is 0.326. The number of anilines is 1. The van der Waals surface area contributed by atoms with Crippen molar-refractivity contribution in [3.05, 3.63) is 23.8 Å². The van der Waals surface area contributed by atoms with E-state index in [2.05, 4.69) is 22.6 Å². The van der Waals surface area contributed by atoms with Crippen molar-refractivity contribution >= 4 is 68.4 Å². The van der Waals surface area contributed by atoms with Crippen LogP contribution in [0.3, 0.4) is 0 Å². The molecule has 1 aromatic carbocycles. The van der Waals surface area contributed by atoms with Crippen LogP contribution in [0.4, 0.5) is 5.69 Å². The van der Waals surface area contributed by atoms with Crippen LogP contribution in [0.1, 0.15) is 17.3 Å². The minimum atomic E-state index is -0.418. The number of hydrogen-bond donors (Lipinski definition) is 1. The molecule has 1 rings (SSSR count). The summed E-state index contributed by atoms with van der Waals surface area (Å²) in [5.41, 5.74) is 6.73. The van der Waals surface area contributed by atoms with E-state index in [1.807, 2.05) is 22.6 Å². The summed E-state index contributed by atoms with van der Waals surface area (Å²) >= 11 is 10.1. The minimum Gasteiger partial charge on any atom is -0.462 e. The van der Waals surface area contributed by atoms with Crippen molar-refractivity contribution in [2.75, 3.05) is 12.3 Å². The summed E-state index contributed by atoms with van der Waals surface area (Å²) in [7, 11) is 0. The molecule has 0 spiro atoms. The van der Waals surface area contributed by atoms with Crippen molar-refractivity contribution in [2.24, 2.45) is 0 Å². The second-order valence-electron chi connectivity index (χ2n) is 2.67. The molecule has 0 atom stereocenters. The van der Waals surface area contributed by atoms with E-state index in [0.717, 1.165) is 3.57 Å². The van der Waals surface area contributed by atoms with E-state index in [-0.39, 0.29) is 0 Å². The zero-order chi connectivity index (χ0) is 11.6. The Labute approximate surface area is 120 Å². The number of hydrogen-bond acceptors (Lipinski definition) is 3. The molecule has 0 amide bonds. The topological polar surface area (TPSA) is 52.3 Å². The van der Waals surface area contributed by atoms with Gasteiger partial charge in [-0.25, -0.2) is 4.79 Å². The molecule has 15 heavy (non-hydrogen) atoms. The molecule has 2 N–H and O–H groups in total. The largest absolute Gasteiger partial charge is 0.462 e. The summed E-state index contributed by atoms with van der Waals surface area (Å²) in [6, 6.07) is 1.64. The van der Waals surface area contributed by atoms with Crippen LogP contribution < -0.4 is 5.73 Å². The first kappa shape index (κ1) is 13.3. The molecule has 0 radical (unpaired) electrons. The number of rotatable bonds is 2. The van der Waals surface area contributed by atoms with Crippen molar-refractivity contribution in [3.63, 3.8) is 0 Å². The molecule has 0 heterocycles. The molecule has 0 aliphatic carbocycles. The third-order valence-electron chi connectivity index (χ3n) is 1.69. The fraction of sp³-hybridized carbons (Fsp3) is 0.222. The van der Waals surface area contributed by atoms with Crippen molar-refractivity contribution in [1.29, 1.82) is 0 Å². The van der Waals surface area contributed by atoms with Crippen LogP contribution in [0, 0.1) is 7.14 Å². The number of esters is 1. The Kier molecular flexibility index (Phi) is 4.91. The predicted octanol–water partition coefficient (Wildman–Crippen LogP) is 3.31. The molecule has 0 bridgehead atoms. The lowest BCUT2D eigenvalue weighted by Crippen LogP contribution is -2.08. The van der Waals surface area contributed by atoms with Crippen LogP contribution in [0.25, 0.3) is 0 Å². The maximum absolute atomic E-state index is 11.5. The Balaban J connectivity index is 3.26. The van der Waals surface area contributed by atoms with Crippen LogP contribution in [0.15, 0.2) is 6.07 Å². The van der Waals surface area contributed by atoms with Gasteiger partial charge < -0.3 is 10.5 Å². The molecule has 0 unspecified atom stereocenters. The van der Waals surface area contributed by atoms with Gasteiger partial charge in [-0.2, -0.15) is 0 Å². The maximum Gasteiger partial charge on any atom is 0.339 e. The van der Waals surface area contributed by atoms with E-state index in [9.17, 15) is 4.79 Å². The number of carbonyl (C=O) groups is 1. The van der Waals surface area contributed by atoms with Crippen molar-refractivity contribution in [3.8, 4) is 0 Å². The average Bonchev–Trinajstić information content (AvgIpc) is 2.20. The Morgan fingerprint density at radius 1 is 1.60 bits per heavy atom. The van der Waals surface area contributed by atoms with Crippen molar-refractivity contribution < 1.29 is 9.53 Å². The van der Waals surface area contributed by atoms with Gasteiger partial charge in [-0.1, -0.05) is 11.6 Å². The molecule has 82 valence electrons. The van der Waals surface area contributed by atoms with Gasteiger partial charge in [-0.05, 0) is 58.2 Å². The van der Waals surface area contributed by atoms with Crippen molar-refractivity contribution in [1.82, 2.24) is 0 Å². The zero-order valence-corrected chi connectivity index (χ0v) is 12.9. The van der Waals surface area contributed by atoms with Crippen molar-refractivity contribution in [2.45, 2.75) is 6.92 Å². The third kappa shape index (κ3) is 2.88. The lowest BCUT2D eigenvalue weighted by atomic mass is 10.2. The molecular formula is C9H8ClI2NO2. The van der Waals surface area contributed by atoms with E-state index in [0.29, 0.717) is 26.5 Å². The van der Waals surface area contributed by atoms with Gasteiger partial charge in [0.2, 0.25) is 0 Å². The first-order chi connectivity index (χ1) is 6.99. The Hall–Kier alpha value is 0.240. The summed E-state index contributed by atoms with van der Waals surface area (Å²) in [6.07, 6.45) is 0. The first-order valence-electron chi connectivity index (χ1n) is 4.09. The fourth-order valence-corrected chi connectivity index (χ4v) is 2.88. The highest BCUT2D eigenvalue weighted by Gasteiger charge is 2.17. The van der Waals surface area contributed by atoms with E-state index in [1.165, 1.54) is 0 Å². The summed E-state index contributed by atoms with van der Waals surface area (Å²) in [6.45, 7) is 2.08. The van der Waals surface area contributed by atoms with Gasteiger partial charge in [0.05, 0.1) is 26.5 Å². The molecule has 3 nitrogen and oxygen atoms in total. The van der Waals surface area contributed by atoms with E-state index in [1.54, 1.807) is 13.0 Å². The summed E-state index contributed by atoms with van der Waals surface area (Å²) in [4.78, 5) is 11.5. The quantitative estimate of drug-likeness (QED) is 0.325. The molecule has 1 aromatic rings. The monoisotopic (exact) mass is 451 g/mol. The second kappa shape index (κ2) is 5.53. The first-order valence-corrected chi connectivity index (χ1v) is 6.62. The summed E-state index contributed by atoms with van der Waals surface area (Å²) < 4.78 is 6.37. The lowest BCUT2D eigenvalue weighted by molar-refractivity contribution is 0.0526. The standard InChI is InChI=1S/C9H8ClI2NO2/c1-2-15-9(14)4-3-5(11)8(13)7(12)6(4)10/h3H,2,13H2,1H3. The molecule has 0 fully saturated rings. The van der Waals surface area contributed by atoms with Crippen LogP contribution in [-0.2, 0) is 4.74 Å². The maximum atomic E-state index is 11.5. The van der Waals surface area contributed by atoms with E-state index >= 15 is 0 Å². The van der Waals surface area contributed by atoms with Gasteiger partial charge in [0.25, 0.3) is 0 Å². The van der Waals surface area contributed by atoms with Crippen LogP contribution in [-0.4, -0.2) is 12.6 Å². The second-order valence-corrected chi connectivity index (χ2v) is 5.29. The van der Waals surface area contributed by atoms with Gasteiger partial charge >= 0.3 is 5.97 Å².